The van der Waals surface area contributed by atoms with Gasteiger partial charge < -0.3 is 24.1 Å². The van der Waals surface area contributed by atoms with E-state index >= 15 is 0 Å². The van der Waals surface area contributed by atoms with E-state index in [9.17, 15) is 9.59 Å². The summed E-state index contributed by atoms with van der Waals surface area (Å²) in [7, 11) is 3.17. The number of methoxy groups -OCH3 is 2. The molecule has 1 heterocycles. The molecule has 0 unspecified atom stereocenters. The first-order valence-corrected chi connectivity index (χ1v) is 12.5. The summed E-state index contributed by atoms with van der Waals surface area (Å²) in [6.45, 7) is 0.278. The van der Waals surface area contributed by atoms with Crippen LogP contribution in [0, 0.1) is 0 Å². The second kappa shape index (κ2) is 12.0. The normalized spacial score (nSPS) is 14.3. The minimum Gasteiger partial charge on any atom is -0.493 e. The van der Waals surface area contributed by atoms with Gasteiger partial charge in [0.1, 0.15) is 6.04 Å². The van der Waals surface area contributed by atoms with E-state index in [0.29, 0.717) is 28.5 Å². The number of nitrogens with zero attached hydrogens (tertiary/aromatic N) is 1. The Morgan fingerprint density at radius 1 is 1.06 bits per heavy atom. The molecule has 0 aliphatic heterocycles. The van der Waals surface area contributed by atoms with Gasteiger partial charge in [0.15, 0.2) is 17.3 Å². The highest BCUT2D eigenvalue weighted by Gasteiger charge is 2.34. The summed E-state index contributed by atoms with van der Waals surface area (Å²) in [6, 6.07) is 15.2. The molecular weight excluding hydrogens is 480 g/mol. The van der Waals surface area contributed by atoms with Crippen LogP contribution in [-0.4, -0.2) is 43.5 Å². The topological polar surface area (TPSA) is 81.0 Å². The third-order valence-electron chi connectivity index (χ3n) is 6.53. The Kier molecular flexibility index (Phi) is 8.54. The first-order valence-electron chi connectivity index (χ1n) is 12.1. The van der Waals surface area contributed by atoms with Gasteiger partial charge in [0.2, 0.25) is 5.91 Å². The molecule has 2 amide bonds. The molecule has 3 aromatic rings. The summed E-state index contributed by atoms with van der Waals surface area (Å²) < 4.78 is 16.2. The molecule has 36 heavy (non-hydrogen) atoms. The standard InChI is InChI=1S/C28H31ClN2O5/c1-34-23-14-9-19(18-25(23)35-2)15-16-31(28(33)24-8-5-17-36-24)26(20-10-12-21(29)13-11-20)27(32)30-22-6-3-4-7-22/h5,8-14,17-18,22,26H,3-4,6-7,15-16H2,1-2H3,(H,30,32)/t26-/m0/s1. The number of nitrogens with one attached hydrogen (secondary N) is 1. The average molecular weight is 511 g/mol. The van der Waals surface area contributed by atoms with Crippen LogP contribution in [0.2, 0.25) is 5.02 Å². The number of ether oxygens (including phenoxy) is 2. The molecule has 8 heteroatoms. The van der Waals surface area contributed by atoms with E-state index in [1.807, 2.05) is 18.2 Å². The molecule has 1 aliphatic carbocycles. The second-order valence-corrected chi connectivity index (χ2v) is 9.30. The molecular formula is C28H31ClN2O5. The summed E-state index contributed by atoms with van der Waals surface area (Å²) in [5, 5.41) is 3.73. The van der Waals surface area contributed by atoms with E-state index in [1.165, 1.54) is 6.26 Å². The van der Waals surface area contributed by atoms with Crippen LogP contribution in [0.5, 0.6) is 11.5 Å². The Morgan fingerprint density at radius 2 is 1.78 bits per heavy atom. The van der Waals surface area contributed by atoms with Crippen LogP contribution in [-0.2, 0) is 11.2 Å². The van der Waals surface area contributed by atoms with Crippen molar-refractivity contribution < 1.29 is 23.5 Å². The van der Waals surface area contributed by atoms with Gasteiger partial charge in [0, 0.05) is 17.6 Å². The van der Waals surface area contributed by atoms with Crippen molar-refractivity contribution in [1.29, 1.82) is 0 Å². The monoisotopic (exact) mass is 510 g/mol. The lowest BCUT2D eigenvalue weighted by Crippen LogP contribution is -2.46. The van der Waals surface area contributed by atoms with Crippen molar-refractivity contribution in [3.8, 4) is 11.5 Å². The van der Waals surface area contributed by atoms with Gasteiger partial charge in [-0.1, -0.05) is 42.6 Å². The van der Waals surface area contributed by atoms with Gasteiger partial charge in [-0.05, 0) is 66.8 Å². The van der Waals surface area contributed by atoms with Crippen molar-refractivity contribution in [3.63, 3.8) is 0 Å². The molecule has 190 valence electrons. The quantitative estimate of drug-likeness (QED) is 0.393. The number of hydrogen-bond acceptors (Lipinski definition) is 5. The molecule has 1 atom stereocenters. The highest BCUT2D eigenvalue weighted by molar-refractivity contribution is 6.30. The lowest BCUT2D eigenvalue weighted by molar-refractivity contribution is -0.126. The maximum Gasteiger partial charge on any atom is 0.290 e. The van der Waals surface area contributed by atoms with Crippen molar-refractivity contribution in [2.24, 2.45) is 0 Å². The number of carbonyl (C=O) groups is 2. The summed E-state index contributed by atoms with van der Waals surface area (Å²) in [5.74, 6) is 0.834. The fraction of sp³-hybridized carbons (Fsp3) is 0.357. The minimum absolute atomic E-state index is 0.110. The molecule has 1 saturated carbocycles. The average Bonchev–Trinajstić information content (AvgIpc) is 3.61. The summed E-state index contributed by atoms with van der Waals surface area (Å²) in [4.78, 5) is 28.9. The number of hydrogen-bond donors (Lipinski definition) is 1. The largest absolute Gasteiger partial charge is 0.493 e. The van der Waals surface area contributed by atoms with Gasteiger partial charge in [0.25, 0.3) is 5.91 Å². The number of benzene rings is 2. The summed E-state index contributed by atoms with van der Waals surface area (Å²) in [5.41, 5.74) is 1.62. The van der Waals surface area contributed by atoms with Crippen LogP contribution in [0.15, 0.2) is 65.3 Å². The second-order valence-electron chi connectivity index (χ2n) is 8.86. The molecule has 1 N–H and O–H groups in total. The van der Waals surface area contributed by atoms with Gasteiger partial charge in [-0.2, -0.15) is 0 Å². The van der Waals surface area contributed by atoms with Crippen LogP contribution in [0.25, 0.3) is 0 Å². The smallest absolute Gasteiger partial charge is 0.290 e. The van der Waals surface area contributed by atoms with Crippen LogP contribution in [0.3, 0.4) is 0 Å². The number of carbonyl (C=O) groups excluding carboxylic acids is 2. The Morgan fingerprint density at radius 3 is 2.42 bits per heavy atom. The molecule has 1 fully saturated rings. The zero-order chi connectivity index (χ0) is 25.5. The molecule has 1 aliphatic rings. The number of rotatable bonds is 10. The minimum atomic E-state index is -0.847. The van der Waals surface area contributed by atoms with Crippen LogP contribution in [0.4, 0.5) is 0 Å². The van der Waals surface area contributed by atoms with Crippen molar-refractivity contribution in [3.05, 3.63) is 82.8 Å². The van der Waals surface area contributed by atoms with Gasteiger partial charge in [-0.25, -0.2) is 0 Å². The zero-order valence-corrected chi connectivity index (χ0v) is 21.3. The van der Waals surface area contributed by atoms with E-state index in [4.69, 9.17) is 25.5 Å². The van der Waals surface area contributed by atoms with Crippen molar-refractivity contribution in [2.75, 3.05) is 20.8 Å². The van der Waals surface area contributed by atoms with E-state index in [-0.39, 0.29) is 30.2 Å². The molecule has 2 aromatic carbocycles. The third kappa shape index (κ3) is 6.02. The lowest BCUT2D eigenvalue weighted by Gasteiger charge is -2.32. The van der Waals surface area contributed by atoms with Gasteiger partial charge in [-0.15, -0.1) is 0 Å². The Hall–Kier alpha value is -3.45. The Bertz CT molecular complexity index is 1160. The Balaban J connectivity index is 1.67. The maximum absolute atomic E-state index is 13.7. The molecule has 0 radical (unpaired) electrons. The van der Waals surface area contributed by atoms with Crippen LogP contribution >= 0.6 is 11.6 Å². The number of halogens is 1. The molecule has 0 bridgehead atoms. The maximum atomic E-state index is 13.7. The number of amides is 2. The van der Waals surface area contributed by atoms with E-state index < -0.39 is 6.04 Å². The first kappa shape index (κ1) is 25.6. The zero-order valence-electron chi connectivity index (χ0n) is 20.5. The van der Waals surface area contributed by atoms with E-state index in [2.05, 4.69) is 5.32 Å². The fourth-order valence-corrected chi connectivity index (χ4v) is 4.77. The van der Waals surface area contributed by atoms with E-state index in [0.717, 1.165) is 31.2 Å². The SMILES string of the molecule is COc1ccc(CCN(C(=O)c2ccco2)[C@H](C(=O)NC2CCCC2)c2ccc(Cl)cc2)cc1OC. The fourth-order valence-electron chi connectivity index (χ4n) is 4.64. The van der Waals surface area contributed by atoms with Crippen LogP contribution < -0.4 is 14.8 Å². The van der Waals surface area contributed by atoms with Crippen molar-refractivity contribution in [2.45, 2.75) is 44.2 Å². The van der Waals surface area contributed by atoms with Crippen LogP contribution in [0.1, 0.15) is 53.4 Å². The highest BCUT2D eigenvalue weighted by Crippen LogP contribution is 2.30. The molecule has 7 nitrogen and oxygen atoms in total. The summed E-state index contributed by atoms with van der Waals surface area (Å²) in [6.07, 6.45) is 6.01. The Labute approximate surface area is 216 Å². The predicted octanol–water partition coefficient (Wildman–Crippen LogP) is 5.44. The summed E-state index contributed by atoms with van der Waals surface area (Å²) >= 11 is 6.13. The third-order valence-corrected chi connectivity index (χ3v) is 6.78. The van der Waals surface area contributed by atoms with Crippen molar-refractivity contribution >= 4 is 23.4 Å². The van der Waals surface area contributed by atoms with Crippen molar-refractivity contribution in [1.82, 2.24) is 10.2 Å². The number of furan rings is 1. The lowest BCUT2D eigenvalue weighted by atomic mass is 10.0. The molecule has 4 rings (SSSR count). The first-order chi connectivity index (χ1) is 17.5. The molecule has 1 aromatic heterocycles. The molecule has 0 spiro atoms. The van der Waals surface area contributed by atoms with Gasteiger partial charge >= 0.3 is 0 Å². The predicted molar refractivity (Wildman–Crippen MR) is 138 cm³/mol. The highest BCUT2D eigenvalue weighted by atomic mass is 35.5. The van der Waals surface area contributed by atoms with Gasteiger partial charge in [-0.3, -0.25) is 9.59 Å². The van der Waals surface area contributed by atoms with Gasteiger partial charge in [0.05, 0.1) is 20.5 Å². The van der Waals surface area contributed by atoms with E-state index in [1.54, 1.807) is 55.5 Å². The molecule has 0 saturated heterocycles.